The van der Waals surface area contributed by atoms with E-state index in [1.807, 2.05) is 24.3 Å². The van der Waals surface area contributed by atoms with Crippen molar-refractivity contribution in [3.63, 3.8) is 0 Å². The van der Waals surface area contributed by atoms with Crippen LogP contribution in [0.4, 0.5) is 18.9 Å². The van der Waals surface area contributed by atoms with Crippen molar-refractivity contribution in [2.45, 2.75) is 31.0 Å². The normalized spacial score (nSPS) is 17.9. The van der Waals surface area contributed by atoms with Gasteiger partial charge in [-0.15, -0.1) is 0 Å². The van der Waals surface area contributed by atoms with Gasteiger partial charge >= 0.3 is 12.1 Å². The predicted octanol–water partition coefficient (Wildman–Crippen LogP) is 5.81. The highest BCUT2D eigenvalue weighted by atomic mass is 19.4. The standard InChI is InChI=1S/C30H25F3N4O5/c31-30(32,33)28-21(2-1-9-34-28)26-20(27(42-36-26)17-4-5-17)7-3-16-12-37(13-16)18-6-8-23-22(10-18)25(41-19-14-40-15-19)11-24(35-23)29(38)39/h1-3,6-11,16-17,19H,4-5,12-15H2,(H,38,39). The van der Waals surface area contributed by atoms with Gasteiger partial charge in [0.25, 0.3) is 0 Å². The third kappa shape index (κ3) is 4.95. The van der Waals surface area contributed by atoms with Gasteiger partial charge in [0.2, 0.25) is 0 Å². The minimum atomic E-state index is -4.62. The molecule has 3 aromatic heterocycles. The molecule has 5 heterocycles. The molecule has 1 aliphatic carbocycles. The molecule has 7 rings (SSSR count). The number of anilines is 1. The summed E-state index contributed by atoms with van der Waals surface area (Å²) in [6, 6.07) is 9.88. The summed E-state index contributed by atoms with van der Waals surface area (Å²) in [5, 5.41) is 14.2. The summed E-state index contributed by atoms with van der Waals surface area (Å²) in [5.41, 5.74) is 0.997. The van der Waals surface area contributed by atoms with Gasteiger partial charge in [0.1, 0.15) is 23.3 Å². The van der Waals surface area contributed by atoms with E-state index in [9.17, 15) is 23.1 Å². The molecule has 0 amide bonds. The Bertz CT molecular complexity index is 1710. The van der Waals surface area contributed by atoms with Crippen LogP contribution in [0.25, 0.3) is 28.2 Å². The number of fused-ring (bicyclic) bond motifs is 1. The first-order valence-corrected chi connectivity index (χ1v) is 13.6. The summed E-state index contributed by atoms with van der Waals surface area (Å²) < 4.78 is 57.9. The number of benzene rings is 1. The molecule has 1 aromatic carbocycles. The number of aromatic nitrogens is 3. The Morgan fingerprint density at radius 2 is 1.95 bits per heavy atom. The van der Waals surface area contributed by atoms with Crippen LogP contribution in [0.1, 0.15) is 46.3 Å². The van der Waals surface area contributed by atoms with E-state index in [4.69, 9.17) is 14.0 Å². The first-order chi connectivity index (χ1) is 20.2. The molecule has 0 radical (unpaired) electrons. The zero-order valence-electron chi connectivity index (χ0n) is 22.2. The van der Waals surface area contributed by atoms with Crippen molar-refractivity contribution in [1.82, 2.24) is 15.1 Å². The summed E-state index contributed by atoms with van der Waals surface area (Å²) in [4.78, 5) is 21.6. The number of halogens is 3. The molecule has 42 heavy (non-hydrogen) atoms. The molecule has 1 N–H and O–H groups in total. The van der Waals surface area contributed by atoms with E-state index in [-0.39, 0.29) is 34.9 Å². The molecule has 0 bridgehead atoms. The first kappa shape index (κ1) is 26.4. The van der Waals surface area contributed by atoms with Crippen LogP contribution in [-0.4, -0.2) is 58.6 Å². The molecule has 2 saturated heterocycles. The second kappa shape index (κ2) is 10.1. The fourth-order valence-corrected chi connectivity index (χ4v) is 5.25. The Morgan fingerprint density at radius 3 is 2.64 bits per heavy atom. The maximum atomic E-state index is 13.7. The summed E-state index contributed by atoms with van der Waals surface area (Å²) in [5.74, 6) is 0.242. The number of ether oxygens (including phenoxy) is 2. The van der Waals surface area contributed by atoms with E-state index < -0.39 is 17.8 Å². The SMILES string of the molecule is O=C(O)c1cc(OC2COC2)c2cc(N3CC(C=Cc4c(-c5cccnc5C(F)(F)F)noc4C4CC4)C3)ccc2n1. The summed E-state index contributed by atoms with van der Waals surface area (Å²) in [7, 11) is 0. The molecule has 0 unspecified atom stereocenters. The lowest BCUT2D eigenvalue weighted by molar-refractivity contribution is -0.140. The van der Waals surface area contributed by atoms with Crippen molar-refractivity contribution in [3.8, 4) is 17.0 Å². The fourth-order valence-electron chi connectivity index (χ4n) is 5.25. The van der Waals surface area contributed by atoms with Gasteiger partial charge in [-0.2, -0.15) is 13.2 Å². The Kier molecular flexibility index (Phi) is 6.37. The van der Waals surface area contributed by atoms with E-state index in [1.54, 1.807) is 6.07 Å². The summed E-state index contributed by atoms with van der Waals surface area (Å²) in [6.07, 6.45) is 2.02. The molecule has 0 atom stereocenters. The van der Waals surface area contributed by atoms with Crippen LogP contribution >= 0.6 is 0 Å². The average Bonchev–Trinajstić information content (AvgIpc) is 3.68. The van der Waals surface area contributed by atoms with Crippen LogP contribution in [0.15, 0.2) is 53.2 Å². The predicted molar refractivity (Wildman–Crippen MR) is 145 cm³/mol. The van der Waals surface area contributed by atoms with E-state index >= 15 is 0 Å². The number of hydrogen-bond acceptors (Lipinski definition) is 8. The van der Waals surface area contributed by atoms with Gasteiger partial charge in [0.05, 0.1) is 18.7 Å². The van der Waals surface area contributed by atoms with Crippen LogP contribution in [-0.2, 0) is 10.9 Å². The van der Waals surface area contributed by atoms with Gasteiger partial charge in [-0.25, -0.2) is 9.78 Å². The molecule has 12 heteroatoms. The largest absolute Gasteiger partial charge is 0.485 e. The van der Waals surface area contributed by atoms with Crippen molar-refractivity contribution in [3.05, 3.63) is 71.4 Å². The quantitative estimate of drug-likeness (QED) is 0.277. The van der Waals surface area contributed by atoms with Crippen LogP contribution in [0, 0.1) is 5.92 Å². The molecule has 4 aromatic rings. The van der Waals surface area contributed by atoms with Crippen molar-refractivity contribution < 1.29 is 37.1 Å². The van der Waals surface area contributed by atoms with Gasteiger partial charge in [0.15, 0.2) is 11.4 Å². The van der Waals surface area contributed by atoms with Gasteiger partial charge in [-0.05, 0) is 43.2 Å². The number of carbonyl (C=O) groups is 1. The Labute approximate surface area is 237 Å². The van der Waals surface area contributed by atoms with E-state index in [2.05, 4.69) is 20.0 Å². The van der Waals surface area contributed by atoms with Gasteiger partial charge < -0.3 is 24.0 Å². The van der Waals surface area contributed by atoms with Crippen molar-refractivity contribution in [2.24, 2.45) is 5.92 Å². The number of alkyl halides is 3. The molecule has 9 nitrogen and oxygen atoms in total. The van der Waals surface area contributed by atoms with Crippen LogP contribution < -0.4 is 9.64 Å². The van der Waals surface area contributed by atoms with E-state index in [1.165, 1.54) is 18.2 Å². The van der Waals surface area contributed by atoms with Gasteiger partial charge in [0, 0.05) is 59.4 Å². The van der Waals surface area contributed by atoms with Crippen LogP contribution in [0.3, 0.4) is 0 Å². The number of nitrogens with zero attached hydrogens (tertiary/aromatic N) is 4. The Hall–Kier alpha value is -4.45. The highest BCUT2D eigenvalue weighted by Crippen LogP contribution is 2.46. The summed E-state index contributed by atoms with van der Waals surface area (Å²) >= 11 is 0. The number of hydrogen-bond donors (Lipinski definition) is 1. The fraction of sp³-hybridized carbons (Fsp3) is 0.333. The molecule has 2 aliphatic heterocycles. The third-order valence-corrected chi connectivity index (χ3v) is 7.72. The maximum Gasteiger partial charge on any atom is 0.434 e. The van der Waals surface area contributed by atoms with E-state index in [0.717, 1.165) is 24.7 Å². The van der Waals surface area contributed by atoms with Crippen LogP contribution in [0.5, 0.6) is 5.75 Å². The van der Waals surface area contributed by atoms with Crippen molar-refractivity contribution in [1.29, 1.82) is 0 Å². The average molecular weight is 579 g/mol. The monoisotopic (exact) mass is 578 g/mol. The molecular formula is C30H25F3N4O5. The topological polar surface area (TPSA) is 111 Å². The lowest BCUT2D eigenvalue weighted by Crippen LogP contribution is -2.45. The number of carboxylic acid groups (broad SMARTS) is 1. The molecular weight excluding hydrogens is 553 g/mol. The van der Waals surface area contributed by atoms with Gasteiger partial charge in [-0.3, -0.25) is 4.98 Å². The molecule has 0 spiro atoms. The zero-order chi connectivity index (χ0) is 29.0. The zero-order valence-corrected chi connectivity index (χ0v) is 22.2. The van der Waals surface area contributed by atoms with E-state index in [0.29, 0.717) is 54.3 Å². The molecule has 3 fully saturated rings. The second-order valence-electron chi connectivity index (χ2n) is 10.8. The second-order valence-corrected chi connectivity index (χ2v) is 10.8. The number of aromatic carboxylic acids is 1. The highest BCUT2D eigenvalue weighted by molar-refractivity contribution is 5.94. The molecule has 216 valence electrons. The summed E-state index contributed by atoms with van der Waals surface area (Å²) in [6.45, 7) is 2.27. The Balaban J connectivity index is 1.12. The minimum Gasteiger partial charge on any atom is -0.485 e. The lowest BCUT2D eigenvalue weighted by Gasteiger charge is -2.40. The molecule has 3 aliphatic rings. The minimum absolute atomic E-state index is 0.0908. The van der Waals surface area contributed by atoms with Crippen molar-refractivity contribution >= 4 is 28.6 Å². The first-order valence-electron chi connectivity index (χ1n) is 13.6. The highest BCUT2D eigenvalue weighted by Gasteiger charge is 2.38. The number of carboxylic acids is 1. The number of rotatable bonds is 8. The third-order valence-electron chi connectivity index (χ3n) is 7.72. The maximum absolute atomic E-state index is 13.7. The van der Waals surface area contributed by atoms with Crippen molar-refractivity contribution in [2.75, 3.05) is 31.2 Å². The van der Waals surface area contributed by atoms with Crippen LogP contribution in [0.2, 0.25) is 0 Å². The lowest BCUT2D eigenvalue weighted by atomic mass is 9.95. The Morgan fingerprint density at radius 1 is 1.14 bits per heavy atom. The van der Waals surface area contributed by atoms with Gasteiger partial charge in [-0.1, -0.05) is 17.3 Å². The smallest absolute Gasteiger partial charge is 0.434 e. The number of pyridine rings is 2. The molecule has 1 saturated carbocycles.